The molecule has 100 valence electrons. The number of carbonyl (C=O) groups is 3. The highest BCUT2D eigenvalue weighted by Gasteiger charge is 2.39. The number of hydrogen-bond donors (Lipinski definition) is 0. The van der Waals surface area contributed by atoms with Crippen LogP contribution in [-0.4, -0.2) is 28.8 Å². The van der Waals surface area contributed by atoms with Gasteiger partial charge in [-0.25, -0.2) is 9.69 Å². The lowest BCUT2D eigenvalue weighted by Gasteiger charge is -2.34. The van der Waals surface area contributed by atoms with E-state index in [2.05, 4.69) is 0 Å². The summed E-state index contributed by atoms with van der Waals surface area (Å²) < 4.78 is 0. The van der Waals surface area contributed by atoms with Crippen LogP contribution in [0, 0.1) is 6.92 Å². The predicted molar refractivity (Wildman–Crippen MR) is 70.7 cm³/mol. The molecule has 5 nitrogen and oxygen atoms in total. The van der Waals surface area contributed by atoms with Gasteiger partial charge in [0.2, 0.25) is 11.8 Å². The fourth-order valence-corrected chi connectivity index (χ4v) is 2.07. The van der Waals surface area contributed by atoms with Crippen molar-refractivity contribution in [3.63, 3.8) is 0 Å². The average Bonchev–Trinajstić information content (AvgIpc) is 2.30. The number of amides is 4. The summed E-state index contributed by atoms with van der Waals surface area (Å²) in [4.78, 5) is 38.2. The highest BCUT2D eigenvalue weighted by Crippen LogP contribution is 2.23. The monoisotopic (exact) mass is 260 g/mol. The summed E-state index contributed by atoms with van der Waals surface area (Å²) >= 11 is 0. The van der Waals surface area contributed by atoms with Crippen LogP contribution in [0.25, 0.3) is 0 Å². The van der Waals surface area contributed by atoms with Gasteiger partial charge in [0.05, 0.1) is 5.69 Å². The lowest BCUT2D eigenvalue weighted by Crippen LogP contribution is -2.57. The molecule has 0 radical (unpaired) electrons. The highest BCUT2D eigenvalue weighted by molar-refractivity contribution is 6.26. The van der Waals surface area contributed by atoms with Crippen molar-refractivity contribution in [1.29, 1.82) is 0 Å². The van der Waals surface area contributed by atoms with Crippen LogP contribution >= 0.6 is 0 Å². The van der Waals surface area contributed by atoms with Crippen molar-refractivity contribution in [2.45, 2.75) is 33.2 Å². The largest absolute Gasteiger partial charge is 0.338 e. The Balaban J connectivity index is 2.38. The minimum atomic E-state index is -0.569. The quantitative estimate of drug-likeness (QED) is 0.765. The van der Waals surface area contributed by atoms with Gasteiger partial charge in [-0.05, 0) is 32.9 Å². The van der Waals surface area contributed by atoms with E-state index >= 15 is 0 Å². The van der Waals surface area contributed by atoms with Crippen LogP contribution in [0.2, 0.25) is 0 Å². The van der Waals surface area contributed by atoms with Crippen molar-refractivity contribution in [3.8, 4) is 0 Å². The van der Waals surface area contributed by atoms with Gasteiger partial charge in [-0.15, -0.1) is 0 Å². The predicted octanol–water partition coefficient (Wildman–Crippen LogP) is 2.09. The molecule has 1 saturated heterocycles. The van der Waals surface area contributed by atoms with E-state index in [1.165, 1.54) is 0 Å². The van der Waals surface area contributed by atoms with Crippen LogP contribution in [0.5, 0.6) is 0 Å². The number of hydrogen-bond acceptors (Lipinski definition) is 3. The third-order valence-corrected chi connectivity index (χ3v) is 3.03. The number of nitrogens with zero attached hydrogens (tertiary/aromatic N) is 2. The third-order valence-electron chi connectivity index (χ3n) is 3.03. The first-order valence-corrected chi connectivity index (χ1v) is 6.17. The van der Waals surface area contributed by atoms with E-state index in [1.807, 2.05) is 19.1 Å². The van der Waals surface area contributed by atoms with E-state index in [4.69, 9.17) is 0 Å². The van der Waals surface area contributed by atoms with Crippen molar-refractivity contribution >= 4 is 23.5 Å². The van der Waals surface area contributed by atoms with Crippen LogP contribution < -0.4 is 4.90 Å². The number of urea groups is 1. The molecule has 1 aromatic carbocycles. The minimum Gasteiger partial charge on any atom is -0.274 e. The summed E-state index contributed by atoms with van der Waals surface area (Å²) in [5, 5.41) is 0. The zero-order valence-electron chi connectivity index (χ0n) is 11.2. The van der Waals surface area contributed by atoms with Crippen LogP contribution in [0.3, 0.4) is 0 Å². The highest BCUT2D eigenvalue weighted by atomic mass is 16.2. The molecule has 1 fully saturated rings. The summed E-state index contributed by atoms with van der Waals surface area (Å²) in [5.74, 6) is -0.913. The second-order valence-corrected chi connectivity index (χ2v) is 4.88. The van der Waals surface area contributed by atoms with Crippen LogP contribution in [0.1, 0.15) is 25.8 Å². The number of barbiturate groups is 1. The maximum atomic E-state index is 12.3. The molecule has 0 saturated carbocycles. The zero-order valence-corrected chi connectivity index (χ0v) is 11.2. The molecule has 0 atom stereocenters. The molecular weight excluding hydrogens is 244 g/mol. The summed E-state index contributed by atoms with van der Waals surface area (Å²) in [6.45, 7) is 5.42. The van der Waals surface area contributed by atoms with Crippen molar-refractivity contribution in [3.05, 3.63) is 29.8 Å². The smallest absolute Gasteiger partial charge is 0.274 e. The maximum Gasteiger partial charge on any atom is 0.338 e. The summed E-state index contributed by atoms with van der Waals surface area (Å²) in [6.07, 6.45) is -0.266. The Morgan fingerprint density at radius 1 is 1.00 bits per heavy atom. The minimum absolute atomic E-state index is 0.263. The number of carbonyl (C=O) groups excluding carboxylic acids is 3. The van der Waals surface area contributed by atoms with Gasteiger partial charge in [-0.2, -0.15) is 0 Å². The number of imide groups is 2. The van der Waals surface area contributed by atoms with Crippen molar-refractivity contribution in [2.75, 3.05) is 4.90 Å². The normalized spacial score (nSPS) is 16.5. The van der Waals surface area contributed by atoms with Gasteiger partial charge >= 0.3 is 6.03 Å². The SMILES string of the molecule is Cc1ccc(N2C(=O)CC(=O)N(C(C)C)C2=O)cc1. The molecule has 0 aromatic heterocycles. The first kappa shape index (κ1) is 13.3. The number of anilines is 1. The molecular formula is C14H16N2O3. The second kappa shape index (κ2) is 4.84. The summed E-state index contributed by atoms with van der Waals surface area (Å²) in [6, 6.07) is 6.23. The number of benzene rings is 1. The topological polar surface area (TPSA) is 57.7 Å². The lowest BCUT2D eigenvalue weighted by atomic mass is 10.1. The molecule has 0 N–H and O–H groups in total. The van der Waals surface area contributed by atoms with Gasteiger partial charge in [0.25, 0.3) is 0 Å². The average molecular weight is 260 g/mol. The number of aryl methyl sites for hydroxylation is 1. The van der Waals surface area contributed by atoms with E-state index in [-0.39, 0.29) is 12.5 Å². The van der Waals surface area contributed by atoms with E-state index in [0.717, 1.165) is 15.4 Å². The molecule has 0 aliphatic carbocycles. The Hall–Kier alpha value is -2.17. The third kappa shape index (κ3) is 2.36. The molecule has 1 heterocycles. The second-order valence-electron chi connectivity index (χ2n) is 4.88. The Kier molecular flexibility index (Phi) is 3.38. The summed E-state index contributed by atoms with van der Waals surface area (Å²) in [5.41, 5.74) is 1.54. The standard InChI is InChI=1S/C14H16N2O3/c1-9(2)15-12(17)8-13(18)16(14(15)19)11-6-4-10(3)5-7-11/h4-7,9H,8H2,1-3H3. The van der Waals surface area contributed by atoms with Crippen LogP contribution in [-0.2, 0) is 9.59 Å². The van der Waals surface area contributed by atoms with E-state index < -0.39 is 17.8 Å². The summed E-state index contributed by atoms with van der Waals surface area (Å²) in [7, 11) is 0. The van der Waals surface area contributed by atoms with Crippen molar-refractivity contribution < 1.29 is 14.4 Å². The zero-order chi connectivity index (χ0) is 14.2. The lowest BCUT2D eigenvalue weighted by molar-refractivity contribution is -0.135. The van der Waals surface area contributed by atoms with Crippen LogP contribution in [0.15, 0.2) is 24.3 Å². The van der Waals surface area contributed by atoms with Gasteiger partial charge in [0.15, 0.2) is 0 Å². The molecule has 4 amide bonds. The molecule has 5 heteroatoms. The van der Waals surface area contributed by atoms with Gasteiger partial charge in [0, 0.05) is 6.04 Å². The maximum absolute atomic E-state index is 12.3. The molecule has 0 spiro atoms. The van der Waals surface area contributed by atoms with Gasteiger partial charge in [0.1, 0.15) is 6.42 Å². The Morgan fingerprint density at radius 3 is 2.11 bits per heavy atom. The van der Waals surface area contributed by atoms with Crippen molar-refractivity contribution in [1.82, 2.24) is 4.90 Å². The molecule has 1 aliphatic rings. The Bertz CT molecular complexity index is 534. The van der Waals surface area contributed by atoms with E-state index in [0.29, 0.717) is 5.69 Å². The Morgan fingerprint density at radius 2 is 1.58 bits per heavy atom. The van der Waals surface area contributed by atoms with Crippen LogP contribution in [0.4, 0.5) is 10.5 Å². The Labute approximate surface area is 111 Å². The van der Waals surface area contributed by atoms with E-state index in [9.17, 15) is 14.4 Å². The molecule has 1 aromatic rings. The fraction of sp³-hybridized carbons (Fsp3) is 0.357. The molecule has 2 rings (SSSR count). The molecule has 0 bridgehead atoms. The van der Waals surface area contributed by atoms with Gasteiger partial charge in [-0.1, -0.05) is 17.7 Å². The van der Waals surface area contributed by atoms with E-state index in [1.54, 1.807) is 26.0 Å². The molecule has 0 unspecified atom stereocenters. The fourth-order valence-electron chi connectivity index (χ4n) is 2.07. The molecule has 19 heavy (non-hydrogen) atoms. The first-order chi connectivity index (χ1) is 8.91. The van der Waals surface area contributed by atoms with Gasteiger partial charge in [-0.3, -0.25) is 14.5 Å². The first-order valence-electron chi connectivity index (χ1n) is 6.17. The molecule has 1 aliphatic heterocycles. The van der Waals surface area contributed by atoms with Gasteiger partial charge < -0.3 is 0 Å². The number of rotatable bonds is 2. The van der Waals surface area contributed by atoms with Crippen molar-refractivity contribution in [2.24, 2.45) is 0 Å².